The number of ether oxygens (including phenoxy) is 1. The largest absolute Gasteiger partial charge is 0.457 e. The first-order valence-corrected chi connectivity index (χ1v) is 6.87. The fraction of sp³-hybridized carbons (Fsp3) is 0.235. The number of rotatable bonds is 4. The van der Waals surface area contributed by atoms with Crippen LogP contribution in [0.15, 0.2) is 47.6 Å². The molecule has 4 nitrogen and oxygen atoms in total. The molecule has 0 atom stereocenters. The van der Waals surface area contributed by atoms with Gasteiger partial charge in [0.2, 0.25) is 0 Å². The lowest BCUT2D eigenvalue weighted by Crippen LogP contribution is -2.12. The summed E-state index contributed by atoms with van der Waals surface area (Å²) >= 11 is 0. The first-order chi connectivity index (χ1) is 10.0. The first kappa shape index (κ1) is 14.9. The summed E-state index contributed by atoms with van der Waals surface area (Å²) in [7, 11) is 0. The van der Waals surface area contributed by atoms with Crippen molar-refractivity contribution in [1.29, 1.82) is 0 Å². The van der Waals surface area contributed by atoms with E-state index in [9.17, 15) is 0 Å². The van der Waals surface area contributed by atoms with Gasteiger partial charge in [0, 0.05) is 5.56 Å². The highest BCUT2D eigenvalue weighted by Gasteiger charge is 2.06. The minimum atomic E-state index is 0.0829. The third kappa shape index (κ3) is 3.54. The van der Waals surface area contributed by atoms with Crippen molar-refractivity contribution in [2.75, 3.05) is 0 Å². The molecule has 0 amide bonds. The molecule has 3 N–H and O–H groups in total. The molecule has 0 radical (unpaired) electrons. The topological polar surface area (TPSA) is 67.8 Å². The van der Waals surface area contributed by atoms with Crippen molar-refractivity contribution >= 4 is 5.84 Å². The van der Waals surface area contributed by atoms with Crippen LogP contribution < -0.4 is 10.5 Å². The zero-order valence-electron chi connectivity index (χ0n) is 12.5. The molecule has 0 fully saturated rings. The van der Waals surface area contributed by atoms with Crippen LogP contribution in [-0.2, 0) is 0 Å². The average Bonchev–Trinajstić information content (AvgIpc) is 2.49. The smallest absolute Gasteiger partial charge is 0.170 e. The van der Waals surface area contributed by atoms with E-state index in [4.69, 9.17) is 15.7 Å². The van der Waals surface area contributed by atoms with Crippen LogP contribution in [-0.4, -0.2) is 11.0 Å². The number of hydrogen-bond donors (Lipinski definition) is 2. The maximum absolute atomic E-state index is 8.64. The molecule has 0 saturated carbocycles. The fourth-order valence-corrected chi connectivity index (χ4v) is 1.96. The predicted octanol–water partition coefficient (Wildman–Crippen LogP) is 4.01. The van der Waals surface area contributed by atoms with Crippen molar-refractivity contribution in [3.8, 4) is 11.5 Å². The van der Waals surface area contributed by atoms with Crippen LogP contribution in [0.1, 0.15) is 36.5 Å². The van der Waals surface area contributed by atoms with Crippen molar-refractivity contribution in [2.24, 2.45) is 10.9 Å². The summed E-state index contributed by atoms with van der Waals surface area (Å²) in [6, 6.07) is 13.4. The second-order valence-corrected chi connectivity index (χ2v) is 5.29. The summed E-state index contributed by atoms with van der Waals surface area (Å²) < 4.78 is 5.93. The molecular weight excluding hydrogens is 264 g/mol. The van der Waals surface area contributed by atoms with Gasteiger partial charge in [-0.2, -0.15) is 0 Å². The number of nitrogens with two attached hydrogens (primary N) is 1. The van der Waals surface area contributed by atoms with Crippen LogP contribution in [0.25, 0.3) is 0 Å². The predicted molar refractivity (Wildman–Crippen MR) is 84.3 cm³/mol. The fourth-order valence-electron chi connectivity index (χ4n) is 1.96. The second kappa shape index (κ2) is 6.31. The molecule has 21 heavy (non-hydrogen) atoms. The van der Waals surface area contributed by atoms with E-state index in [1.807, 2.05) is 6.92 Å². The lowest BCUT2D eigenvalue weighted by atomic mass is 10.0. The Kier molecular flexibility index (Phi) is 4.48. The Morgan fingerprint density at radius 3 is 2.38 bits per heavy atom. The standard InChI is InChI=1S/C17H20N2O2/c1-11(2)14-5-4-12(3)16(10-14)21-15-8-6-13(7-9-15)17(18)19-20/h4-11,20H,1-3H3,(H2,18,19). The number of benzene rings is 2. The van der Waals surface area contributed by atoms with E-state index in [-0.39, 0.29) is 5.84 Å². The highest BCUT2D eigenvalue weighted by molar-refractivity contribution is 5.97. The molecule has 0 heterocycles. The van der Waals surface area contributed by atoms with E-state index >= 15 is 0 Å². The van der Waals surface area contributed by atoms with Crippen molar-refractivity contribution < 1.29 is 9.94 Å². The third-order valence-electron chi connectivity index (χ3n) is 3.36. The van der Waals surface area contributed by atoms with Crippen molar-refractivity contribution in [3.05, 3.63) is 59.2 Å². The number of hydrogen-bond acceptors (Lipinski definition) is 3. The zero-order chi connectivity index (χ0) is 15.4. The second-order valence-electron chi connectivity index (χ2n) is 5.29. The lowest BCUT2D eigenvalue weighted by molar-refractivity contribution is 0.318. The van der Waals surface area contributed by atoms with Crippen molar-refractivity contribution in [2.45, 2.75) is 26.7 Å². The molecular formula is C17H20N2O2. The van der Waals surface area contributed by atoms with Gasteiger partial charge < -0.3 is 15.7 Å². The van der Waals surface area contributed by atoms with E-state index < -0.39 is 0 Å². The van der Waals surface area contributed by atoms with Gasteiger partial charge in [-0.15, -0.1) is 0 Å². The third-order valence-corrected chi connectivity index (χ3v) is 3.36. The van der Waals surface area contributed by atoms with Gasteiger partial charge in [0.05, 0.1) is 0 Å². The van der Waals surface area contributed by atoms with Crippen molar-refractivity contribution in [1.82, 2.24) is 0 Å². The Morgan fingerprint density at radius 1 is 1.14 bits per heavy atom. The zero-order valence-corrected chi connectivity index (χ0v) is 12.5. The molecule has 0 saturated heterocycles. The Hall–Kier alpha value is -2.49. The molecule has 0 spiro atoms. The Balaban J connectivity index is 2.24. The highest BCUT2D eigenvalue weighted by atomic mass is 16.5. The van der Waals surface area contributed by atoms with E-state index in [1.54, 1.807) is 24.3 Å². The van der Waals surface area contributed by atoms with Gasteiger partial charge in [-0.05, 0) is 54.3 Å². The van der Waals surface area contributed by atoms with E-state index in [0.29, 0.717) is 17.2 Å². The van der Waals surface area contributed by atoms with E-state index in [1.165, 1.54) is 5.56 Å². The minimum absolute atomic E-state index is 0.0829. The Morgan fingerprint density at radius 2 is 1.81 bits per heavy atom. The Bertz CT molecular complexity index is 646. The molecule has 2 aromatic rings. The highest BCUT2D eigenvalue weighted by Crippen LogP contribution is 2.28. The molecule has 2 aromatic carbocycles. The average molecular weight is 284 g/mol. The number of aryl methyl sites for hydroxylation is 1. The number of amidine groups is 1. The van der Waals surface area contributed by atoms with Crippen LogP contribution >= 0.6 is 0 Å². The summed E-state index contributed by atoms with van der Waals surface area (Å²) in [5.41, 5.74) is 8.51. The molecule has 4 heteroatoms. The van der Waals surface area contributed by atoms with Crippen LogP contribution in [0, 0.1) is 6.92 Å². The summed E-state index contributed by atoms with van der Waals surface area (Å²) in [5, 5.41) is 11.6. The maximum atomic E-state index is 8.64. The summed E-state index contributed by atoms with van der Waals surface area (Å²) in [4.78, 5) is 0. The molecule has 0 unspecified atom stereocenters. The van der Waals surface area contributed by atoms with Gasteiger partial charge in [0.15, 0.2) is 5.84 Å². The van der Waals surface area contributed by atoms with E-state index in [0.717, 1.165) is 11.3 Å². The van der Waals surface area contributed by atoms with Gasteiger partial charge in [-0.25, -0.2) is 0 Å². The van der Waals surface area contributed by atoms with Crippen LogP contribution in [0.2, 0.25) is 0 Å². The Labute approximate surface area is 124 Å². The molecule has 0 aliphatic heterocycles. The van der Waals surface area contributed by atoms with Gasteiger partial charge >= 0.3 is 0 Å². The molecule has 0 aromatic heterocycles. The molecule has 0 aliphatic carbocycles. The summed E-state index contributed by atoms with van der Waals surface area (Å²) in [6.45, 7) is 6.32. The first-order valence-electron chi connectivity index (χ1n) is 6.87. The van der Waals surface area contributed by atoms with Gasteiger partial charge in [0.25, 0.3) is 0 Å². The monoisotopic (exact) mass is 284 g/mol. The van der Waals surface area contributed by atoms with Crippen LogP contribution in [0.3, 0.4) is 0 Å². The molecule has 2 rings (SSSR count). The van der Waals surface area contributed by atoms with Gasteiger partial charge in [-0.1, -0.05) is 31.1 Å². The van der Waals surface area contributed by atoms with Gasteiger partial charge in [-0.3, -0.25) is 0 Å². The van der Waals surface area contributed by atoms with Crippen LogP contribution in [0.4, 0.5) is 0 Å². The number of nitrogens with zero attached hydrogens (tertiary/aromatic N) is 1. The molecule has 110 valence electrons. The molecule has 0 bridgehead atoms. The minimum Gasteiger partial charge on any atom is -0.457 e. The summed E-state index contributed by atoms with van der Waals surface area (Å²) in [5.74, 6) is 2.10. The quantitative estimate of drug-likeness (QED) is 0.386. The van der Waals surface area contributed by atoms with E-state index in [2.05, 4.69) is 37.2 Å². The summed E-state index contributed by atoms with van der Waals surface area (Å²) in [6.07, 6.45) is 0. The maximum Gasteiger partial charge on any atom is 0.170 e. The normalized spacial score (nSPS) is 11.7. The lowest BCUT2D eigenvalue weighted by Gasteiger charge is -2.12. The van der Waals surface area contributed by atoms with Crippen molar-refractivity contribution in [3.63, 3.8) is 0 Å². The van der Waals surface area contributed by atoms with Gasteiger partial charge in [0.1, 0.15) is 11.5 Å². The van der Waals surface area contributed by atoms with Crippen LogP contribution in [0.5, 0.6) is 11.5 Å². The SMILES string of the molecule is Cc1ccc(C(C)C)cc1Oc1ccc(C(N)=NO)cc1. The number of oxime groups is 1. The molecule has 0 aliphatic rings.